The predicted octanol–water partition coefficient (Wildman–Crippen LogP) is 6.83. The molecule has 0 spiro atoms. The third-order valence-electron chi connectivity index (χ3n) is 5.23. The van der Waals surface area contributed by atoms with Gasteiger partial charge in [-0.25, -0.2) is 4.98 Å². The highest BCUT2D eigenvalue weighted by Crippen LogP contribution is 2.30. The second-order valence-corrected chi connectivity index (χ2v) is 8.34. The van der Waals surface area contributed by atoms with Crippen molar-refractivity contribution in [3.8, 4) is 17.2 Å². The fraction of sp³-hybridized carbons (Fsp3) is 0.200. The van der Waals surface area contributed by atoms with E-state index in [1.807, 2.05) is 44.2 Å². The quantitative estimate of drug-likeness (QED) is 0.341. The molecule has 0 aliphatic rings. The third-order valence-corrected chi connectivity index (χ3v) is 5.85. The molecule has 5 nitrogen and oxygen atoms in total. The molecule has 1 aromatic heterocycles. The van der Waals surface area contributed by atoms with Crippen LogP contribution >= 0.6 is 15.9 Å². The Labute approximate surface area is 189 Å². The van der Waals surface area contributed by atoms with Crippen molar-refractivity contribution < 1.29 is 13.9 Å². The van der Waals surface area contributed by atoms with Crippen molar-refractivity contribution in [1.82, 2.24) is 4.98 Å². The molecule has 1 amide bonds. The summed E-state index contributed by atoms with van der Waals surface area (Å²) in [5, 5.41) is 3.00. The Morgan fingerprint density at radius 1 is 1.03 bits per heavy atom. The number of amides is 1. The van der Waals surface area contributed by atoms with E-state index in [-0.39, 0.29) is 5.91 Å². The summed E-state index contributed by atoms with van der Waals surface area (Å²) in [6, 6.07) is 15.1. The maximum atomic E-state index is 12.8. The second-order valence-electron chi connectivity index (χ2n) is 7.49. The summed E-state index contributed by atoms with van der Waals surface area (Å²) in [6.07, 6.45) is 0. The molecule has 158 valence electrons. The lowest BCUT2D eigenvalue weighted by molar-refractivity contribution is 0.102. The lowest BCUT2D eigenvalue weighted by atomic mass is 10.1. The summed E-state index contributed by atoms with van der Waals surface area (Å²) in [7, 11) is 0. The largest absolute Gasteiger partial charge is 0.493 e. The second kappa shape index (κ2) is 8.55. The number of halogens is 1. The number of aryl methyl sites for hydroxylation is 3. The molecular formula is C25H23BrN2O3. The van der Waals surface area contributed by atoms with Crippen LogP contribution in [0.15, 0.2) is 57.4 Å². The van der Waals surface area contributed by atoms with E-state index in [9.17, 15) is 4.79 Å². The maximum Gasteiger partial charge on any atom is 0.255 e. The molecule has 0 radical (unpaired) electrons. The Bertz CT molecular complexity index is 1250. The minimum Gasteiger partial charge on any atom is -0.493 e. The van der Waals surface area contributed by atoms with Crippen LogP contribution in [0.2, 0.25) is 0 Å². The SMILES string of the molecule is CCOc1ccc(C(=O)Nc2cc(-c3nc4cc(C)c(C)cc4o3)ccc2C)cc1Br. The van der Waals surface area contributed by atoms with E-state index in [1.165, 1.54) is 5.56 Å². The molecule has 1 N–H and O–H groups in total. The molecule has 0 saturated heterocycles. The van der Waals surface area contributed by atoms with Crippen LogP contribution in [0.4, 0.5) is 5.69 Å². The summed E-state index contributed by atoms with van der Waals surface area (Å²) in [5.74, 6) is 1.03. The third kappa shape index (κ3) is 4.35. The number of carbonyl (C=O) groups excluding carboxylic acids is 1. The van der Waals surface area contributed by atoms with Gasteiger partial charge in [-0.2, -0.15) is 0 Å². The van der Waals surface area contributed by atoms with Gasteiger partial charge in [0, 0.05) is 16.8 Å². The van der Waals surface area contributed by atoms with E-state index in [2.05, 4.69) is 40.1 Å². The van der Waals surface area contributed by atoms with Gasteiger partial charge in [0.25, 0.3) is 5.91 Å². The van der Waals surface area contributed by atoms with Crippen molar-refractivity contribution in [3.63, 3.8) is 0 Å². The number of hydrogen-bond acceptors (Lipinski definition) is 4. The summed E-state index contributed by atoms with van der Waals surface area (Å²) in [6.45, 7) is 8.54. The smallest absolute Gasteiger partial charge is 0.255 e. The van der Waals surface area contributed by atoms with Crippen molar-refractivity contribution in [3.05, 3.63) is 75.3 Å². The molecular weight excluding hydrogens is 456 g/mol. The summed E-state index contributed by atoms with van der Waals surface area (Å²) < 4.78 is 12.2. The highest BCUT2D eigenvalue weighted by molar-refractivity contribution is 9.10. The average molecular weight is 479 g/mol. The number of aromatic nitrogens is 1. The molecule has 0 atom stereocenters. The molecule has 4 aromatic rings. The predicted molar refractivity (Wildman–Crippen MR) is 127 cm³/mol. The highest BCUT2D eigenvalue weighted by atomic mass is 79.9. The first-order chi connectivity index (χ1) is 14.9. The van der Waals surface area contributed by atoms with Crippen LogP contribution in [-0.2, 0) is 0 Å². The number of nitrogens with zero attached hydrogens (tertiary/aromatic N) is 1. The number of anilines is 1. The Morgan fingerprint density at radius 2 is 1.81 bits per heavy atom. The minimum atomic E-state index is -0.201. The van der Waals surface area contributed by atoms with Gasteiger partial charge < -0.3 is 14.5 Å². The maximum absolute atomic E-state index is 12.8. The lowest BCUT2D eigenvalue weighted by Gasteiger charge is -2.11. The zero-order chi connectivity index (χ0) is 22.1. The molecule has 31 heavy (non-hydrogen) atoms. The van der Waals surface area contributed by atoms with Crippen LogP contribution in [0.5, 0.6) is 5.75 Å². The molecule has 4 rings (SSSR count). The number of hydrogen-bond donors (Lipinski definition) is 1. The summed E-state index contributed by atoms with van der Waals surface area (Å²) in [4.78, 5) is 17.5. The number of nitrogens with one attached hydrogen (secondary N) is 1. The van der Waals surface area contributed by atoms with Crippen molar-refractivity contribution >= 4 is 38.6 Å². The summed E-state index contributed by atoms with van der Waals surface area (Å²) in [5.41, 5.74) is 6.91. The molecule has 3 aromatic carbocycles. The van der Waals surface area contributed by atoms with E-state index in [4.69, 9.17) is 9.15 Å². The normalized spacial score (nSPS) is 11.0. The number of ether oxygens (including phenoxy) is 1. The Balaban J connectivity index is 1.62. The minimum absolute atomic E-state index is 0.201. The highest BCUT2D eigenvalue weighted by Gasteiger charge is 2.14. The number of fused-ring (bicyclic) bond motifs is 1. The monoisotopic (exact) mass is 478 g/mol. The molecule has 6 heteroatoms. The molecule has 1 heterocycles. The topological polar surface area (TPSA) is 64.4 Å². The van der Waals surface area contributed by atoms with Gasteiger partial charge in [-0.15, -0.1) is 0 Å². The fourth-order valence-electron chi connectivity index (χ4n) is 3.30. The first-order valence-corrected chi connectivity index (χ1v) is 10.9. The zero-order valence-electron chi connectivity index (χ0n) is 17.9. The molecule has 0 aliphatic heterocycles. The number of rotatable bonds is 5. The van der Waals surface area contributed by atoms with Crippen molar-refractivity contribution in [2.24, 2.45) is 0 Å². The van der Waals surface area contributed by atoms with E-state index in [0.29, 0.717) is 29.5 Å². The average Bonchev–Trinajstić information content (AvgIpc) is 3.14. The van der Waals surface area contributed by atoms with Gasteiger partial charge >= 0.3 is 0 Å². The van der Waals surface area contributed by atoms with Gasteiger partial charge in [0.1, 0.15) is 11.3 Å². The molecule has 0 aliphatic carbocycles. The number of oxazole rings is 1. The van der Waals surface area contributed by atoms with Crippen molar-refractivity contribution in [2.75, 3.05) is 11.9 Å². The zero-order valence-corrected chi connectivity index (χ0v) is 19.5. The van der Waals surface area contributed by atoms with Gasteiger partial charge in [-0.3, -0.25) is 4.79 Å². The van der Waals surface area contributed by atoms with Crippen LogP contribution in [0.25, 0.3) is 22.6 Å². The van der Waals surface area contributed by atoms with Crippen LogP contribution in [0.3, 0.4) is 0 Å². The molecule has 0 fully saturated rings. The lowest BCUT2D eigenvalue weighted by Crippen LogP contribution is -2.13. The Kier molecular flexibility index (Phi) is 5.83. The first kappa shape index (κ1) is 21.1. The van der Waals surface area contributed by atoms with Crippen LogP contribution in [0, 0.1) is 20.8 Å². The Hall–Kier alpha value is -3.12. The van der Waals surface area contributed by atoms with Gasteiger partial charge in [-0.05, 0) is 103 Å². The standard InChI is InChI=1S/C25H23BrN2O3/c1-5-30-22-9-8-17(12-19(22)26)24(29)27-20-13-18(7-6-14(20)2)25-28-21-10-15(3)16(4)11-23(21)31-25/h6-13H,5H2,1-4H3,(H,27,29). The van der Waals surface area contributed by atoms with E-state index < -0.39 is 0 Å². The van der Waals surface area contributed by atoms with Gasteiger partial charge in [0.15, 0.2) is 5.58 Å². The van der Waals surface area contributed by atoms with Crippen LogP contribution in [0.1, 0.15) is 34.0 Å². The molecule has 0 bridgehead atoms. The van der Waals surface area contributed by atoms with Gasteiger partial charge in [0.05, 0.1) is 11.1 Å². The van der Waals surface area contributed by atoms with Crippen LogP contribution < -0.4 is 10.1 Å². The van der Waals surface area contributed by atoms with Gasteiger partial charge in [0.2, 0.25) is 5.89 Å². The van der Waals surface area contributed by atoms with Crippen molar-refractivity contribution in [2.45, 2.75) is 27.7 Å². The number of benzene rings is 3. The Morgan fingerprint density at radius 3 is 2.55 bits per heavy atom. The van der Waals surface area contributed by atoms with Gasteiger partial charge in [-0.1, -0.05) is 6.07 Å². The van der Waals surface area contributed by atoms with Crippen molar-refractivity contribution in [1.29, 1.82) is 0 Å². The summed E-state index contributed by atoms with van der Waals surface area (Å²) >= 11 is 3.46. The number of carbonyl (C=O) groups is 1. The van der Waals surface area contributed by atoms with Crippen LogP contribution in [-0.4, -0.2) is 17.5 Å². The van der Waals surface area contributed by atoms with E-state index in [1.54, 1.807) is 18.2 Å². The molecule has 0 unspecified atom stereocenters. The molecule has 0 saturated carbocycles. The van der Waals surface area contributed by atoms with E-state index >= 15 is 0 Å². The van der Waals surface area contributed by atoms with E-state index in [0.717, 1.165) is 32.3 Å². The fourth-order valence-corrected chi connectivity index (χ4v) is 3.80. The first-order valence-electron chi connectivity index (χ1n) is 10.1.